The van der Waals surface area contributed by atoms with Crippen LogP contribution in [0.15, 0.2) is 78.9 Å². The van der Waals surface area contributed by atoms with Gasteiger partial charge >= 0.3 is 5.97 Å². The van der Waals surface area contributed by atoms with Crippen molar-refractivity contribution in [2.45, 2.75) is 19.1 Å². The molecule has 5 heteroatoms. The second-order valence-electron chi connectivity index (χ2n) is 7.34. The van der Waals surface area contributed by atoms with Gasteiger partial charge in [0.2, 0.25) is 0 Å². The summed E-state index contributed by atoms with van der Waals surface area (Å²) in [7, 11) is 1.37. The first-order valence-corrected chi connectivity index (χ1v) is 9.83. The minimum absolute atomic E-state index is 0.186. The van der Waals surface area contributed by atoms with Crippen molar-refractivity contribution in [2.75, 3.05) is 7.11 Å². The second kappa shape index (κ2) is 8.43. The molecule has 2 unspecified atom stereocenters. The number of aryl methyl sites for hydroxylation is 1. The molecule has 0 radical (unpaired) electrons. The summed E-state index contributed by atoms with van der Waals surface area (Å²) in [6.07, 6.45) is 1.88. The second-order valence-corrected chi connectivity index (χ2v) is 7.34. The molecule has 0 fully saturated rings. The molecule has 3 aromatic rings. The van der Waals surface area contributed by atoms with Gasteiger partial charge in [0.05, 0.1) is 18.7 Å². The van der Waals surface area contributed by atoms with Gasteiger partial charge in [-0.2, -0.15) is 0 Å². The summed E-state index contributed by atoms with van der Waals surface area (Å²) < 4.78 is 4.79. The SMILES string of the molecule is COC(=O)c1ccc(C2NC(c3ccc(C)cc3)=CC(c3ccccc3O)N2)cc1. The van der Waals surface area contributed by atoms with Crippen LogP contribution in [-0.4, -0.2) is 18.2 Å². The quantitative estimate of drug-likeness (QED) is 0.564. The largest absolute Gasteiger partial charge is 0.508 e. The fourth-order valence-corrected chi connectivity index (χ4v) is 3.59. The Hall–Kier alpha value is -3.57. The predicted octanol–water partition coefficient (Wildman–Crippen LogP) is 4.46. The predicted molar refractivity (Wildman–Crippen MR) is 117 cm³/mol. The van der Waals surface area contributed by atoms with E-state index < -0.39 is 0 Å². The molecule has 1 aliphatic rings. The van der Waals surface area contributed by atoms with Gasteiger partial charge in [0, 0.05) is 11.3 Å². The number of hydrogen-bond donors (Lipinski definition) is 3. The van der Waals surface area contributed by atoms with Crippen LogP contribution in [0.1, 0.15) is 44.8 Å². The van der Waals surface area contributed by atoms with Crippen molar-refractivity contribution in [2.24, 2.45) is 0 Å². The molecule has 1 heterocycles. The fourth-order valence-electron chi connectivity index (χ4n) is 3.59. The van der Waals surface area contributed by atoms with Gasteiger partial charge in [0.15, 0.2) is 0 Å². The molecule has 0 spiro atoms. The van der Waals surface area contributed by atoms with Gasteiger partial charge in [-0.1, -0.05) is 60.2 Å². The van der Waals surface area contributed by atoms with Crippen LogP contribution in [0.4, 0.5) is 0 Å². The van der Waals surface area contributed by atoms with Gasteiger partial charge < -0.3 is 15.2 Å². The lowest BCUT2D eigenvalue weighted by atomic mass is 9.97. The van der Waals surface area contributed by atoms with Crippen molar-refractivity contribution in [1.82, 2.24) is 10.6 Å². The molecule has 0 aliphatic carbocycles. The number of nitrogens with one attached hydrogen (secondary N) is 2. The van der Waals surface area contributed by atoms with Crippen LogP contribution < -0.4 is 10.6 Å². The summed E-state index contributed by atoms with van der Waals surface area (Å²) in [6.45, 7) is 2.06. The van der Waals surface area contributed by atoms with Crippen molar-refractivity contribution in [3.8, 4) is 5.75 Å². The molecule has 4 rings (SSSR count). The maximum atomic E-state index is 11.7. The molecule has 1 aliphatic heterocycles. The number of carbonyl (C=O) groups excluding carboxylic acids is 1. The van der Waals surface area contributed by atoms with Gasteiger partial charge in [-0.25, -0.2) is 4.79 Å². The average Bonchev–Trinajstić information content (AvgIpc) is 2.79. The van der Waals surface area contributed by atoms with E-state index in [0.717, 1.165) is 22.4 Å². The van der Waals surface area contributed by atoms with Crippen molar-refractivity contribution >= 4 is 11.7 Å². The zero-order chi connectivity index (χ0) is 21.1. The summed E-state index contributed by atoms with van der Waals surface area (Å²) in [5.41, 5.74) is 5.52. The minimum atomic E-state index is -0.363. The first-order chi connectivity index (χ1) is 14.5. The Morgan fingerprint density at radius 1 is 0.967 bits per heavy atom. The summed E-state index contributed by atoms with van der Waals surface area (Å²) in [5, 5.41) is 17.5. The number of rotatable bonds is 4. The zero-order valence-electron chi connectivity index (χ0n) is 16.9. The highest BCUT2D eigenvalue weighted by molar-refractivity contribution is 5.89. The van der Waals surface area contributed by atoms with Gasteiger partial charge in [-0.3, -0.25) is 5.32 Å². The van der Waals surface area contributed by atoms with Crippen LogP contribution in [0.5, 0.6) is 5.75 Å². The zero-order valence-corrected chi connectivity index (χ0v) is 16.9. The van der Waals surface area contributed by atoms with Gasteiger partial charge in [-0.15, -0.1) is 0 Å². The van der Waals surface area contributed by atoms with Gasteiger partial charge in [0.25, 0.3) is 0 Å². The van der Waals surface area contributed by atoms with E-state index in [0.29, 0.717) is 5.56 Å². The lowest BCUT2D eigenvalue weighted by Crippen LogP contribution is -2.39. The molecular weight excluding hydrogens is 376 g/mol. The Balaban J connectivity index is 1.70. The highest BCUT2D eigenvalue weighted by Gasteiger charge is 2.25. The Labute approximate surface area is 176 Å². The number of benzene rings is 3. The van der Waals surface area contributed by atoms with Gasteiger partial charge in [-0.05, 0) is 42.3 Å². The Bertz CT molecular complexity index is 1070. The number of para-hydroxylation sites is 1. The van der Waals surface area contributed by atoms with Crippen molar-refractivity contribution in [3.63, 3.8) is 0 Å². The van der Waals surface area contributed by atoms with Crippen LogP contribution in [-0.2, 0) is 4.74 Å². The fraction of sp³-hybridized carbons (Fsp3) is 0.160. The maximum Gasteiger partial charge on any atom is 0.337 e. The Morgan fingerprint density at radius 2 is 1.67 bits per heavy atom. The van der Waals surface area contributed by atoms with Crippen molar-refractivity contribution in [3.05, 3.63) is 107 Å². The summed E-state index contributed by atoms with van der Waals surface area (Å²) >= 11 is 0. The molecule has 152 valence electrons. The topological polar surface area (TPSA) is 70.6 Å². The standard InChI is InChI=1S/C25H24N2O3/c1-16-7-9-17(10-8-16)21-15-22(20-5-3-4-6-23(20)28)27-24(26-21)18-11-13-19(14-12-18)25(29)30-2/h3-15,22,24,26-28H,1-2H3. The van der Waals surface area contributed by atoms with Crippen molar-refractivity contribution < 1.29 is 14.6 Å². The molecule has 0 amide bonds. The highest BCUT2D eigenvalue weighted by Crippen LogP contribution is 2.33. The number of hydrogen-bond acceptors (Lipinski definition) is 5. The summed E-state index contributed by atoms with van der Waals surface area (Å²) in [5.74, 6) is -0.116. The van der Waals surface area contributed by atoms with E-state index >= 15 is 0 Å². The minimum Gasteiger partial charge on any atom is -0.508 e. The molecular formula is C25H24N2O3. The molecule has 30 heavy (non-hydrogen) atoms. The van der Waals surface area contributed by atoms with Crippen LogP contribution >= 0.6 is 0 Å². The average molecular weight is 400 g/mol. The molecule has 0 saturated heterocycles. The molecule has 5 nitrogen and oxygen atoms in total. The van der Waals surface area contributed by atoms with E-state index in [9.17, 15) is 9.90 Å². The van der Waals surface area contributed by atoms with Crippen LogP contribution in [0, 0.1) is 6.92 Å². The van der Waals surface area contributed by atoms with E-state index in [1.165, 1.54) is 12.7 Å². The smallest absolute Gasteiger partial charge is 0.337 e. The number of carbonyl (C=O) groups is 1. The van der Waals surface area contributed by atoms with E-state index in [4.69, 9.17) is 4.74 Å². The molecule has 2 atom stereocenters. The van der Waals surface area contributed by atoms with E-state index in [2.05, 4.69) is 47.9 Å². The molecule has 0 bridgehead atoms. The number of ether oxygens (including phenoxy) is 1. The van der Waals surface area contributed by atoms with E-state index in [1.807, 2.05) is 30.3 Å². The van der Waals surface area contributed by atoms with Crippen molar-refractivity contribution in [1.29, 1.82) is 0 Å². The lowest BCUT2D eigenvalue weighted by molar-refractivity contribution is 0.0600. The van der Waals surface area contributed by atoms with E-state index in [-0.39, 0.29) is 23.9 Å². The van der Waals surface area contributed by atoms with Crippen LogP contribution in [0.25, 0.3) is 5.70 Å². The van der Waals surface area contributed by atoms with Crippen LogP contribution in [0.3, 0.4) is 0 Å². The third-order valence-corrected chi connectivity index (χ3v) is 5.28. The highest BCUT2D eigenvalue weighted by atomic mass is 16.5. The summed E-state index contributed by atoms with van der Waals surface area (Å²) in [6, 6.07) is 22.8. The normalized spacial score (nSPS) is 18.3. The summed E-state index contributed by atoms with van der Waals surface area (Å²) in [4.78, 5) is 11.7. The third-order valence-electron chi connectivity index (χ3n) is 5.28. The Kier molecular flexibility index (Phi) is 5.55. The number of phenolic OH excluding ortho intramolecular Hbond substituents is 1. The molecule has 0 aromatic heterocycles. The monoisotopic (exact) mass is 400 g/mol. The molecule has 0 saturated carbocycles. The number of methoxy groups -OCH3 is 1. The lowest BCUT2D eigenvalue weighted by Gasteiger charge is -2.33. The third kappa shape index (κ3) is 4.07. The first-order valence-electron chi connectivity index (χ1n) is 9.83. The van der Waals surface area contributed by atoms with E-state index in [1.54, 1.807) is 18.2 Å². The Morgan fingerprint density at radius 3 is 2.33 bits per heavy atom. The first kappa shape index (κ1) is 19.7. The molecule has 3 N–H and O–H groups in total. The maximum absolute atomic E-state index is 11.7. The number of esters is 1. The number of aromatic hydroxyl groups is 1. The van der Waals surface area contributed by atoms with Gasteiger partial charge in [0.1, 0.15) is 11.9 Å². The van der Waals surface area contributed by atoms with Crippen LogP contribution in [0.2, 0.25) is 0 Å². The molecule has 3 aromatic carbocycles. The number of phenols is 1.